The van der Waals surface area contributed by atoms with Gasteiger partial charge in [0, 0.05) is 12.8 Å². The van der Waals surface area contributed by atoms with E-state index in [4.69, 9.17) is 5.53 Å². The molecule has 0 aliphatic heterocycles. The van der Waals surface area contributed by atoms with Gasteiger partial charge in [-0.25, -0.2) is 0 Å². The molecule has 0 atom stereocenters. The maximum atomic E-state index is 8.45. The van der Waals surface area contributed by atoms with Crippen LogP contribution >= 0.6 is 0 Å². The fraction of sp³-hybridized carbons (Fsp3) is 0.875. The van der Waals surface area contributed by atoms with Gasteiger partial charge in [0.15, 0.2) is 0 Å². The van der Waals surface area contributed by atoms with Gasteiger partial charge in [0.25, 0.3) is 5.71 Å². The second-order valence-electron chi connectivity index (χ2n) is 3.83. The summed E-state index contributed by atoms with van der Waals surface area (Å²) in [5, 5.41) is 0. The highest BCUT2D eigenvalue weighted by atomic mass is 14.9. The summed E-state index contributed by atoms with van der Waals surface area (Å²) < 4.78 is 0. The van der Waals surface area contributed by atoms with Gasteiger partial charge in [0.1, 0.15) is 0 Å². The normalized spacial score (nSPS) is 24.0. The van der Waals surface area contributed by atoms with E-state index in [9.17, 15) is 0 Å². The lowest BCUT2D eigenvalue weighted by Crippen LogP contribution is -2.21. The van der Waals surface area contributed by atoms with Crippen LogP contribution in [0.3, 0.4) is 0 Å². The fourth-order valence-corrected chi connectivity index (χ4v) is 1.32. The molecule has 1 fully saturated rings. The van der Waals surface area contributed by atoms with Crippen molar-refractivity contribution < 1.29 is 4.79 Å². The molecule has 0 aromatic rings. The lowest BCUT2D eigenvalue weighted by molar-refractivity contribution is -0.0162. The van der Waals surface area contributed by atoms with Gasteiger partial charge in [0.2, 0.25) is 0 Å². The molecule has 0 aromatic carbocycles. The van der Waals surface area contributed by atoms with Crippen molar-refractivity contribution in [1.82, 2.24) is 0 Å². The van der Waals surface area contributed by atoms with E-state index in [2.05, 4.69) is 18.6 Å². The number of hydrogen-bond donors (Lipinski definition) is 0. The molecule has 0 spiro atoms. The Kier molecular flexibility index (Phi) is 1.91. The Bertz CT molecular complexity index is 164. The molecule has 0 bridgehead atoms. The summed E-state index contributed by atoms with van der Waals surface area (Å²) in [5.41, 5.74) is 9.89. The third-order valence-electron chi connectivity index (χ3n) is 2.32. The van der Waals surface area contributed by atoms with Gasteiger partial charge in [0.05, 0.1) is 0 Å². The molecule has 1 rings (SSSR count). The van der Waals surface area contributed by atoms with Crippen LogP contribution in [0.2, 0.25) is 0 Å². The van der Waals surface area contributed by atoms with E-state index in [0.717, 1.165) is 31.4 Å². The first-order valence-corrected chi connectivity index (χ1v) is 3.84. The summed E-state index contributed by atoms with van der Waals surface area (Å²) in [6, 6.07) is 0. The van der Waals surface area contributed by atoms with Crippen LogP contribution in [0, 0.1) is 5.41 Å². The van der Waals surface area contributed by atoms with E-state index in [0.29, 0.717) is 5.41 Å². The molecule has 1 aliphatic rings. The molecule has 2 nitrogen and oxygen atoms in total. The summed E-state index contributed by atoms with van der Waals surface area (Å²) in [4.78, 5) is 3.23. The monoisotopic (exact) mass is 138 g/mol. The number of nitrogens with zero attached hydrogens (tertiary/aromatic N) is 2. The van der Waals surface area contributed by atoms with Gasteiger partial charge in [-0.05, 0) is 18.3 Å². The van der Waals surface area contributed by atoms with E-state index in [-0.39, 0.29) is 0 Å². The highest BCUT2D eigenvalue weighted by Gasteiger charge is 2.27. The average molecular weight is 138 g/mol. The molecular formula is C8H14N2. The Morgan fingerprint density at radius 3 is 2.20 bits per heavy atom. The van der Waals surface area contributed by atoms with Crippen LogP contribution < -0.4 is 0 Å². The van der Waals surface area contributed by atoms with E-state index in [1.54, 1.807) is 0 Å². The van der Waals surface area contributed by atoms with Crippen LogP contribution in [0.25, 0.3) is 5.53 Å². The summed E-state index contributed by atoms with van der Waals surface area (Å²) >= 11 is 0. The molecule has 0 radical (unpaired) electrons. The minimum atomic E-state index is 0.466. The van der Waals surface area contributed by atoms with Crippen LogP contribution in [0.5, 0.6) is 0 Å². The Labute approximate surface area is 61.9 Å². The molecule has 0 N–H and O–H groups in total. The van der Waals surface area contributed by atoms with Crippen LogP contribution in [-0.4, -0.2) is 10.5 Å². The second kappa shape index (κ2) is 2.55. The van der Waals surface area contributed by atoms with E-state index >= 15 is 0 Å². The highest BCUT2D eigenvalue weighted by molar-refractivity contribution is 5.79. The van der Waals surface area contributed by atoms with Crippen molar-refractivity contribution in [3.05, 3.63) is 5.53 Å². The van der Waals surface area contributed by atoms with Crippen molar-refractivity contribution in [3.63, 3.8) is 0 Å². The lowest BCUT2D eigenvalue weighted by Gasteiger charge is -2.26. The van der Waals surface area contributed by atoms with Crippen LogP contribution in [0.1, 0.15) is 39.5 Å². The topological polar surface area (TPSA) is 36.4 Å². The first-order chi connectivity index (χ1) is 4.64. The molecule has 2 heteroatoms. The van der Waals surface area contributed by atoms with E-state index in [1.165, 1.54) is 0 Å². The van der Waals surface area contributed by atoms with Crippen molar-refractivity contribution >= 4 is 5.71 Å². The van der Waals surface area contributed by atoms with Gasteiger partial charge in [-0.2, -0.15) is 4.79 Å². The first kappa shape index (κ1) is 7.49. The molecule has 1 saturated carbocycles. The van der Waals surface area contributed by atoms with Gasteiger partial charge in [-0.1, -0.05) is 13.8 Å². The zero-order valence-electron chi connectivity index (χ0n) is 6.72. The molecule has 10 heavy (non-hydrogen) atoms. The minimum Gasteiger partial charge on any atom is -0.362 e. The van der Waals surface area contributed by atoms with Gasteiger partial charge in [-0.3, -0.25) is 0 Å². The molecule has 0 saturated heterocycles. The predicted octanol–water partition coefficient (Wildman–Crippen LogP) is 2.26. The molecule has 0 heterocycles. The van der Waals surface area contributed by atoms with Crippen molar-refractivity contribution in [3.8, 4) is 0 Å². The van der Waals surface area contributed by atoms with Crippen molar-refractivity contribution in [1.29, 1.82) is 0 Å². The molecular weight excluding hydrogens is 124 g/mol. The zero-order chi connectivity index (χ0) is 7.61. The molecule has 0 aromatic heterocycles. The van der Waals surface area contributed by atoms with Gasteiger partial charge < -0.3 is 5.53 Å². The Balaban J connectivity index is 2.54. The fourth-order valence-electron chi connectivity index (χ4n) is 1.32. The largest absolute Gasteiger partial charge is 0.362 e. The Hall–Kier alpha value is -0.620. The van der Waals surface area contributed by atoms with Crippen molar-refractivity contribution in [2.75, 3.05) is 0 Å². The quantitative estimate of drug-likeness (QED) is 0.363. The summed E-state index contributed by atoms with van der Waals surface area (Å²) in [6.07, 6.45) is 4.27. The lowest BCUT2D eigenvalue weighted by atomic mass is 9.77. The van der Waals surface area contributed by atoms with Crippen molar-refractivity contribution in [2.24, 2.45) is 5.41 Å². The smallest absolute Gasteiger partial charge is 0.268 e. The number of rotatable bonds is 0. The number of hydrogen-bond acceptors (Lipinski definition) is 0. The van der Waals surface area contributed by atoms with Gasteiger partial charge in [-0.15, -0.1) is 0 Å². The molecule has 56 valence electrons. The Morgan fingerprint density at radius 2 is 1.80 bits per heavy atom. The summed E-state index contributed by atoms with van der Waals surface area (Å²) in [5.74, 6) is 0. The predicted molar refractivity (Wildman–Crippen MR) is 40.9 cm³/mol. The van der Waals surface area contributed by atoms with Crippen LogP contribution in [0.4, 0.5) is 0 Å². The van der Waals surface area contributed by atoms with Crippen LogP contribution in [0.15, 0.2) is 0 Å². The standard InChI is InChI=1S/C8H14N2/c1-8(2)5-3-7(10-9)4-6-8/h3-6H2,1-2H3. The van der Waals surface area contributed by atoms with Crippen LogP contribution in [-0.2, 0) is 0 Å². The third-order valence-corrected chi connectivity index (χ3v) is 2.32. The molecule has 0 amide bonds. The molecule has 0 unspecified atom stereocenters. The average Bonchev–Trinajstić information content (AvgIpc) is 1.88. The van der Waals surface area contributed by atoms with E-state index < -0.39 is 0 Å². The second-order valence-corrected chi connectivity index (χ2v) is 3.83. The van der Waals surface area contributed by atoms with Crippen molar-refractivity contribution in [2.45, 2.75) is 39.5 Å². The zero-order valence-corrected chi connectivity index (χ0v) is 6.72. The minimum absolute atomic E-state index is 0.466. The third kappa shape index (κ3) is 1.68. The highest BCUT2D eigenvalue weighted by Crippen LogP contribution is 2.32. The first-order valence-electron chi connectivity index (χ1n) is 3.84. The maximum Gasteiger partial charge on any atom is 0.268 e. The van der Waals surface area contributed by atoms with Gasteiger partial charge >= 0.3 is 0 Å². The summed E-state index contributed by atoms with van der Waals surface area (Å²) in [6.45, 7) is 4.53. The Morgan fingerprint density at radius 1 is 1.30 bits per heavy atom. The SMILES string of the molecule is CC1(C)CCC(=[N+]=[N-])CC1. The van der Waals surface area contributed by atoms with E-state index in [1.807, 2.05) is 0 Å². The molecule has 1 aliphatic carbocycles. The summed E-state index contributed by atoms with van der Waals surface area (Å²) in [7, 11) is 0. The maximum absolute atomic E-state index is 8.45.